The van der Waals surface area contributed by atoms with E-state index < -0.39 is 0 Å². The normalized spacial score (nSPS) is 30.4. The number of para-hydroxylation sites is 1. The molecule has 1 N–H and O–H groups in total. The number of rotatable bonds is 4. The molecule has 0 aliphatic heterocycles. The molecular formula is C25H29N3O3. The molecule has 31 heavy (non-hydrogen) atoms. The summed E-state index contributed by atoms with van der Waals surface area (Å²) in [7, 11) is 0. The van der Waals surface area contributed by atoms with Gasteiger partial charge in [-0.1, -0.05) is 18.2 Å². The second kappa shape index (κ2) is 6.94. The van der Waals surface area contributed by atoms with Crippen LogP contribution in [0.3, 0.4) is 0 Å². The SMILES string of the molecule is O=C(Cn1c2c(c(=O)n(C34CC5CC(CC(C5)C3)C4)c1=O)CCC2)Nc1ccccc1. The van der Waals surface area contributed by atoms with Gasteiger partial charge in [-0.3, -0.25) is 18.7 Å². The summed E-state index contributed by atoms with van der Waals surface area (Å²) in [6.07, 6.45) is 8.89. The van der Waals surface area contributed by atoms with Crippen LogP contribution in [0.4, 0.5) is 5.69 Å². The number of anilines is 1. The Morgan fingerprint density at radius 1 is 0.968 bits per heavy atom. The van der Waals surface area contributed by atoms with Crippen molar-refractivity contribution >= 4 is 11.6 Å². The summed E-state index contributed by atoms with van der Waals surface area (Å²) in [4.78, 5) is 40.2. The van der Waals surface area contributed by atoms with Crippen molar-refractivity contribution < 1.29 is 4.79 Å². The van der Waals surface area contributed by atoms with Gasteiger partial charge in [0, 0.05) is 16.9 Å². The van der Waals surface area contributed by atoms with E-state index in [4.69, 9.17) is 0 Å². The molecule has 1 aromatic carbocycles. The number of carbonyl (C=O) groups excluding carboxylic acids is 1. The molecule has 162 valence electrons. The van der Waals surface area contributed by atoms with Crippen LogP contribution in [0.1, 0.15) is 56.2 Å². The van der Waals surface area contributed by atoms with Gasteiger partial charge < -0.3 is 5.32 Å². The first kappa shape index (κ1) is 19.1. The maximum absolute atomic E-state index is 13.8. The minimum absolute atomic E-state index is 0.0390. The van der Waals surface area contributed by atoms with Crippen molar-refractivity contribution in [2.24, 2.45) is 17.8 Å². The zero-order valence-corrected chi connectivity index (χ0v) is 17.8. The molecule has 4 bridgehead atoms. The largest absolute Gasteiger partial charge is 0.332 e. The monoisotopic (exact) mass is 419 g/mol. The smallest absolute Gasteiger partial charge is 0.325 e. The van der Waals surface area contributed by atoms with Crippen LogP contribution in [0.15, 0.2) is 39.9 Å². The molecule has 5 aliphatic rings. The first-order valence-corrected chi connectivity index (χ1v) is 11.8. The molecule has 1 heterocycles. The molecule has 4 saturated carbocycles. The van der Waals surface area contributed by atoms with Gasteiger partial charge in [0.2, 0.25) is 5.91 Å². The van der Waals surface area contributed by atoms with E-state index in [9.17, 15) is 14.4 Å². The summed E-state index contributed by atoms with van der Waals surface area (Å²) in [6, 6.07) is 9.30. The number of benzene rings is 1. The number of nitrogens with zero attached hydrogens (tertiary/aromatic N) is 2. The summed E-state index contributed by atoms with van der Waals surface area (Å²) in [5.41, 5.74) is 1.58. The third kappa shape index (κ3) is 3.02. The standard InChI is InChI=1S/C25H29N3O3/c29-22(26-19-5-2-1-3-6-19)15-27-21-8-4-7-20(21)23(30)28(24(27)31)25-12-16-9-17(13-25)11-18(10-16)14-25/h1-3,5-6,16-18H,4,7-15H2,(H,26,29). The zero-order valence-electron chi connectivity index (χ0n) is 17.8. The third-order valence-corrected chi connectivity index (χ3v) is 8.24. The predicted octanol–water partition coefficient (Wildman–Crippen LogP) is 3.06. The second-order valence-corrected chi connectivity index (χ2v) is 10.3. The molecule has 0 saturated heterocycles. The topological polar surface area (TPSA) is 73.1 Å². The summed E-state index contributed by atoms with van der Waals surface area (Å²) < 4.78 is 3.23. The fourth-order valence-corrected chi connectivity index (χ4v) is 7.50. The Hall–Kier alpha value is -2.63. The molecule has 1 aromatic heterocycles. The van der Waals surface area contributed by atoms with E-state index in [1.165, 1.54) is 19.3 Å². The van der Waals surface area contributed by atoms with Gasteiger partial charge in [0.05, 0.1) is 5.54 Å². The van der Waals surface area contributed by atoms with Crippen LogP contribution in [0.5, 0.6) is 0 Å². The molecule has 0 unspecified atom stereocenters. The van der Waals surface area contributed by atoms with Gasteiger partial charge in [-0.05, 0) is 87.7 Å². The number of amides is 1. The van der Waals surface area contributed by atoms with Crippen LogP contribution >= 0.6 is 0 Å². The number of hydrogen-bond donors (Lipinski definition) is 1. The lowest BCUT2D eigenvalue weighted by Gasteiger charge is -2.56. The highest BCUT2D eigenvalue weighted by atomic mass is 16.2. The van der Waals surface area contributed by atoms with E-state index >= 15 is 0 Å². The number of carbonyl (C=O) groups is 1. The highest BCUT2D eigenvalue weighted by Gasteiger charge is 2.53. The van der Waals surface area contributed by atoms with Gasteiger partial charge in [-0.2, -0.15) is 0 Å². The summed E-state index contributed by atoms with van der Waals surface area (Å²) in [5.74, 6) is 1.69. The maximum Gasteiger partial charge on any atom is 0.332 e. The number of hydrogen-bond acceptors (Lipinski definition) is 3. The van der Waals surface area contributed by atoms with Crippen molar-refractivity contribution in [3.63, 3.8) is 0 Å². The lowest BCUT2D eigenvalue weighted by atomic mass is 9.53. The average molecular weight is 420 g/mol. The molecule has 2 aromatic rings. The molecule has 5 aliphatic carbocycles. The van der Waals surface area contributed by atoms with Crippen LogP contribution in [0.2, 0.25) is 0 Å². The lowest BCUT2D eigenvalue weighted by molar-refractivity contribution is -0.116. The Balaban J connectivity index is 1.42. The molecule has 4 fully saturated rings. The molecule has 1 amide bonds. The summed E-state index contributed by atoms with van der Waals surface area (Å²) >= 11 is 0. The molecule has 0 atom stereocenters. The molecule has 0 spiro atoms. The van der Waals surface area contributed by atoms with Crippen LogP contribution in [-0.2, 0) is 29.7 Å². The fourth-order valence-electron chi connectivity index (χ4n) is 7.50. The fraction of sp³-hybridized carbons (Fsp3) is 0.560. The van der Waals surface area contributed by atoms with Gasteiger partial charge >= 0.3 is 5.69 Å². The van der Waals surface area contributed by atoms with Gasteiger partial charge in [0.15, 0.2) is 0 Å². The van der Waals surface area contributed by atoms with Crippen LogP contribution < -0.4 is 16.6 Å². The van der Waals surface area contributed by atoms with Crippen molar-refractivity contribution in [1.82, 2.24) is 9.13 Å². The Morgan fingerprint density at radius 2 is 1.61 bits per heavy atom. The first-order chi connectivity index (χ1) is 15.0. The number of aromatic nitrogens is 2. The van der Waals surface area contributed by atoms with Gasteiger partial charge in [0.1, 0.15) is 6.54 Å². The zero-order chi connectivity index (χ0) is 21.2. The Labute approximate surface area is 181 Å². The van der Waals surface area contributed by atoms with Crippen molar-refractivity contribution in [2.75, 3.05) is 5.32 Å². The number of nitrogens with one attached hydrogen (secondary N) is 1. The molecule has 7 rings (SSSR count). The van der Waals surface area contributed by atoms with Crippen molar-refractivity contribution in [1.29, 1.82) is 0 Å². The van der Waals surface area contributed by atoms with Crippen LogP contribution in [0, 0.1) is 17.8 Å². The first-order valence-electron chi connectivity index (χ1n) is 11.8. The Morgan fingerprint density at radius 3 is 2.26 bits per heavy atom. The molecule has 6 heteroatoms. The lowest BCUT2D eigenvalue weighted by Crippen LogP contribution is -2.60. The van der Waals surface area contributed by atoms with E-state index in [1.54, 1.807) is 9.13 Å². The van der Waals surface area contributed by atoms with Crippen molar-refractivity contribution in [3.05, 3.63) is 62.4 Å². The quantitative estimate of drug-likeness (QED) is 0.828. The summed E-state index contributed by atoms with van der Waals surface area (Å²) in [5, 5.41) is 2.89. The summed E-state index contributed by atoms with van der Waals surface area (Å²) in [6.45, 7) is -0.0390. The van der Waals surface area contributed by atoms with Gasteiger partial charge in [-0.25, -0.2) is 4.79 Å². The number of fused-ring (bicyclic) bond motifs is 1. The Kier molecular flexibility index (Phi) is 4.27. The molecule has 6 nitrogen and oxygen atoms in total. The van der Waals surface area contributed by atoms with E-state index in [0.717, 1.165) is 36.9 Å². The van der Waals surface area contributed by atoms with Crippen molar-refractivity contribution in [2.45, 2.75) is 69.9 Å². The molecule has 0 radical (unpaired) electrons. The second-order valence-electron chi connectivity index (χ2n) is 10.3. The van der Waals surface area contributed by atoms with E-state index in [-0.39, 0.29) is 29.2 Å². The minimum Gasteiger partial charge on any atom is -0.325 e. The molecular weight excluding hydrogens is 390 g/mol. The maximum atomic E-state index is 13.8. The van der Waals surface area contributed by atoms with Gasteiger partial charge in [0.25, 0.3) is 5.56 Å². The van der Waals surface area contributed by atoms with E-state index in [2.05, 4.69) is 5.32 Å². The predicted molar refractivity (Wildman–Crippen MR) is 118 cm³/mol. The van der Waals surface area contributed by atoms with Gasteiger partial charge in [-0.15, -0.1) is 0 Å². The van der Waals surface area contributed by atoms with Crippen LogP contribution in [0.25, 0.3) is 0 Å². The van der Waals surface area contributed by atoms with E-state index in [0.29, 0.717) is 36.3 Å². The highest BCUT2D eigenvalue weighted by molar-refractivity contribution is 5.90. The van der Waals surface area contributed by atoms with Crippen LogP contribution in [-0.4, -0.2) is 15.0 Å². The average Bonchev–Trinajstić information content (AvgIpc) is 3.21. The Bertz CT molecular complexity index is 1130. The van der Waals surface area contributed by atoms with Crippen molar-refractivity contribution in [3.8, 4) is 0 Å². The van der Waals surface area contributed by atoms with E-state index in [1.807, 2.05) is 30.3 Å². The highest BCUT2D eigenvalue weighted by Crippen LogP contribution is 2.58. The third-order valence-electron chi connectivity index (χ3n) is 8.24. The minimum atomic E-state index is -0.335.